The summed E-state index contributed by atoms with van der Waals surface area (Å²) in [6.07, 6.45) is 4.10. The van der Waals surface area contributed by atoms with Crippen molar-refractivity contribution in [3.8, 4) is 0 Å². The molecule has 5 nitrogen and oxygen atoms in total. The van der Waals surface area contributed by atoms with Gasteiger partial charge in [-0.2, -0.15) is 0 Å². The second kappa shape index (κ2) is 6.37. The van der Waals surface area contributed by atoms with E-state index in [4.69, 9.17) is 5.73 Å². The van der Waals surface area contributed by atoms with E-state index in [1.807, 2.05) is 11.6 Å². The highest BCUT2D eigenvalue weighted by Crippen LogP contribution is 2.16. The molecular weight excluding hydrogens is 234 g/mol. The molecule has 1 aromatic rings. The summed E-state index contributed by atoms with van der Waals surface area (Å²) in [6, 6.07) is 0. The fourth-order valence-corrected chi connectivity index (χ4v) is 3.03. The molecule has 96 valence electrons. The molecule has 2 rings (SSSR count). The van der Waals surface area contributed by atoms with E-state index in [0.717, 1.165) is 23.3 Å². The van der Waals surface area contributed by atoms with Crippen LogP contribution >= 0.6 is 11.8 Å². The molecule has 1 aliphatic rings. The highest BCUT2D eigenvalue weighted by molar-refractivity contribution is 7.99. The Bertz CT molecular complexity index is 346. The predicted octanol–water partition coefficient (Wildman–Crippen LogP) is 0.852. The highest BCUT2D eigenvalue weighted by atomic mass is 32.2. The van der Waals surface area contributed by atoms with Gasteiger partial charge in [-0.3, -0.25) is 0 Å². The molecule has 0 radical (unpaired) electrons. The van der Waals surface area contributed by atoms with E-state index < -0.39 is 0 Å². The number of rotatable bonds is 5. The fraction of sp³-hybridized carbons (Fsp3) is 0.818. The van der Waals surface area contributed by atoms with Crippen molar-refractivity contribution in [1.82, 2.24) is 19.7 Å². The average molecular weight is 255 g/mol. The maximum atomic E-state index is 5.57. The lowest BCUT2D eigenvalue weighted by atomic mass is 10.1. The van der Waals surface area contributed by atoms with Gasteiger partial charge in [0, 0.05) is 19.3 Å². The number of hydrogen-bond acceptors (Lipinski definition) is 5. The summed E-state index contributed by atoms with van der Waals surface area (Å²) in [5, 5.41) is 9.17. The van der Waals surface area contributed by atoms with Crippen molar-refractivity contribution in [2.75, 3.05) is 25.4 Å². The minimum absolute atomic E-state index is 0.455. The Balaban J connectivity index is 1.75. The molecule has 2 N–H and O–H groups in total. The maximum absolute atomic E-state index is 5.57. The second-order valence-electron chi connectivity index (χ2n) is 4.41. The number of nitrogens with zero attached hydrogens (tertiary/aromatic N) is 4. The zero-order valence-electron chi connectivity index (χ0n) is 10.4. The highest BCUT2D eigenvalue weighted by Gasteiger charge is 2.11. The molecule has 1 saturated heterocycles. The average Bonchev–Trinajstić information content (AvgIpc) is 2.72. The zero-order valence-corrected chi connectivity index (χ0v) is 11.2. The first-order chi connectivity index (χ1) is 8.31. The molecular formula is C11H21N5S. The van der Waals surface area contributed by atoms with Crippen LogP contribution in [0.25, 0.3) is 0 Å². The van der Waals surface area contributed by atoms with Gasteiger partial charge in [-0.25, -0.2) is 0 Å². The van der Waals surface area contributed by atoms with Gasteiger partial charge >= 0.3 is 0 Å². The van der Waals surface area contributed by atoms with Crippen LogP contribution in [0.1, 0.15) is 25.1 Å². The summed E-state index contributed by atoms with van der Waals surface area (Å²) in [7, 11) is 1.98. The third-order valence-electron chi connectivity index (χ3n) is 3.20. The van der Waals surface area contributed by atoms with E-state index >= 15 is 0 Å². The number of piperidine rings is 1. The Labute approximate surface area is 107 Å². The summed E-state index contributed by atoms with van der Waals surface area (Å²) >= 11 is 1.77. The van der Waals surface area contributed by atoms with Gasteiger partial charge in [-0.05, 0) is 25.9 Å². The SMILES string of the molecule is Cn1c(CN)nnc1SCCN1CCCCC1. The third-order valence-corrected chi connectivity index (χ3v) is 4.20. The van der Waals surface area contributed by atoms with Crippen molar-refractivity contribution in [3.05, 3.63) is 5.82 Å². The molecule has 0 atom stereocenters. The Morgan fingerprint density at radius 3 is 2.65 bits per heavy atom. The Morgan fingerprint density at radius 1 is 1.24 bits per heavy atom. The molecule has 0 aromatic carbocycles. The lowest BCUT2D eigenvalue weighted by Crippen LogP contribution is -2.31. The van der Waals surface area contributed by atoms with Crippen LogP contribution in [0.5, 0.6) is 0 Å². The van der Waals surface area contributed by atoms with Crippen LogP contribution in [0.4, 0.5) is 0 Å². The topological polar surface area (TPSA) is 60.0 Å². The molecule has 2 heterocycles. The molecule has 17 heavy (non-hydrogen) atoms. The van der Waals surface area contributed by atoms with Gasteiger partial charge in [-0.15, -0.1) is 10.2 Å². The van der Waals surface area contributed by atoms with Crippen LogP contribution in [0.2, 0.25) is 0 Å². The van der Waals surface area contributed by atoms with Gasteiger partial charge in [0.05, 0.1) is 6.54 Å². The summed E-state index contributed by atoms with van der Waals surface area (Å²) in [5.74, 6) is 1.93. The van der Waals surface area contributed by atoms with Crippen LogP contribution < -0.4 is 5.73 Å². The minimum atomic E-state index is 0.455. The molecule has 1 aromatic heterocycles. The molecule has 6 heteroatoms. The van der Waals surface area contributed by atoms with Gasteiger partial charge in [0.2, 0.25) is 0 Å². The largest absolute Gasteiger partial charge is 0.324 e. The van der Waals surface area contributed by atoms with E-state index in [1.54, 1.807) is 11.8 Å². The molecule has 0 unspecified atom stereocenters. The first kappa shape index (κ1) is 12.9. The van der Waals surface area contributed by atoms with Gasteiger partial charge < -0.3 is 15.2 Å². The Morgan fingerprint density at radius 2 is 2.00 bits per heavy atom. The monoisotopic (exact) mass is 255 g/mol. The Hall–Kier alpha value is -0.590. The fourth-order valence-electron chi connectivity index (χ4n) is 2.10. The second-order valence-corrected chi connectivity index (χ2v) is 5.47. The van der Waals surface area contributed by atoms with Gasteiger partial charge in [0.15, 0.2) is 5.16 Å². The number of aromatic nitrogens is 3. The molecule has 0 bridgehead atoms. The van der Waals surface area contributed by atoms with Crippen LogP contribution in [0.15, 0.2) is 5.16 Å². The maximum Gasteiger partial charge on any atom is 0.191 e. The normalized spacial score (nSPS) is 17.5. The van der Waals surface area contributed by atoms with Gasteiger partial charge in [0.1, 0.15) is 5.82 Å². The smallest absolute Gasteiger partial charge is 0.191 e. The molecule has 1 aliphatic heterocycles. The number of hydrogen-bond donors (Lipinski definition) is 1. The molecule has 0 amide bonds. The van der Waals surface area contributed by atoms with Crippen molar-refractivity contribution in [1.29, 1.82) is 0 Å². The van der Waals surface area contributed by atoms with Crippen molar-refractivity contribution in [2.24, 2.45) is 12.8 Å². The summed E-state index contributed by atoms with van der Waals surface area (Å²) in [6.45, 7) is 4.12. The molecule has 0 spiro atoms. The summed E-state index contributed by atoms with van der Waals surface area (Å²) < 4.78 is 1.99. The van der Waals surface area contributed by atoms with Crippen LogP contribution in [0, 0.1) is 0 Å². The summed E-state index contributed by atoms with van der Waals surface area (Å²) in [5.41, 5.74) is 5.57. The van der Waals surface area contributed by atoms with Gasteiger partial charge in [-0.1, -0.05) is 18.2 Å². The molecule has 0 saturated carbocycles. The van der Waals surface area contributed by atoms with E-state index in [-0.39, 0.29) is 0 Å². The van der Waals surface area contributed by atoms with Crippen LogP contribution in [-0.4, -0.2) is 45.1 Å². The van der Waals surface area contributed by atoms with Crippen molar-refractivity contribution < 1.29 is 0 Å². The van der Waals surface area contributed by atoms with E-state index in [0.29, 0.717) is 6.54 Å². The minimum Gasteiger partial charge on any atom is -0.324 e. The molecule has 1 fully saturated rings. The lowest BCUT2D eigenvalue weighted by Gasteiger charge is -2.25. The van der Waals surface area contributed by atoms with Crippen molar-refractivity contribution in [3.63, 3.8) is 0 Å². The van der Waals surface area contributed by atoms with Crippen LogP contribution in [0.3, 0.4) is 0 Å². The first-order valence-corrected chi connectivity index (χ1v) is 7.23. The predicted molar refractivity (Wildman–Crippen MR) is 69.9 cm³/mol. The van der Waals surface area contributed by atoms with E-state index in [2.05, 4.69) is 15.1 Å². The van der Waals surface area contributed by atoms with E-state index in [1.165, 1.54) is 32.4 Å². The van der Waals surface area contributed by atoms with Crippen molar-refractivity contribution >= 4 is 11.8 Å². The number of likely N-dealkylation sites (tertiary alicyclic amines) is 1. The standard InChI is InChI=1S/C11H21N5S/c1-15-10(9-12)13-14-11(15)17-8-7-16-5-3-2-4-6-16/h2-9,12H2,1H3. The van der Waals surface area contributed by atoms with Crippen LogP contribution in [-0.2, 0) is 13.6 Å². The molecule has 0 aliphatic carbocycles. The Kier molecular flexibility index (Phi) is 4.82. The number of nitrogens with two attached hydrogens (primary N) is 1. The van der Waals surface area contributed by atoms with Crippen molar-refractivity contribution in [2.45, 2.75) is 31.0 Å². The third kappa shape index (κ3) is 3.43. The first-order valence-electron chi connectivity index (χ1n) is 6.24. The quantitative estimate of drug-likeness (QED) is 0.791. The van der Waals surface area contributed by atoms with E-state index in [9.17, 15) is 0 Å². The lowest BCUT2D eigenvalue weighted by molar-refractivity contribution is 0.242. The zero-order chi connectivity index (χ0) is 12.1. The summed E-state index contributed by atoms with van der Waals surface area (Å²) in [4.78, 5) is 2.54. The number of thioether (sulfide) groups is 1. The van der Waals surface area contributed by atoms with Gasteiger partial charge in [0.25, 0.3) is 0 Å².